The molecule has 108 valence electrons. The lowest BCUT2D eigenvalue weighted by atomic mass is 10.2. The number of carbonyl (C=O) groups excluding carboxylic acids is 2. The van der Waals surface area contributed by atoms with Crippen molar-refractivity contribution in [2.45, 2.75) is 58.6 Å². The van der Waals surface area contributed by atoms with Crippen molar-refractivity contribution in [2.24, 2.45) is 0 Å². The van der Waals surface area contributed by atoms with E-state index in [9.17, 15) is 9.59 Å². The van der Waals surface area contributed by atoms with Crippen LogP contribution in [0.1, 0.15) is 47.0 Å². The monoisotopic (exact) mass is 268 g/mol. The summed E-state index contributed by atoms with van der Waals surface area (Å²) >= 11 is 0. The van der Waals surface area contributed by atoms with Crippen molar-refractivity contribution in [1.29, 1.82) is 0 Å². The summed E-state index contributed by atoms with van der Waals surface area (Å²) in [4.78, 5) is 23.4. The number of unbranched alkanes of at least 4 members (excludes halogenated alkanes) is 1. The van der Waals surface area contributed by atoms with E-state index in [0.717, 1.165) is 6.42 Å². The van der Waals surface area contributed by atoms with Gasteiger partial charge in [-0.2, -0.15) is 0 Å². The molecule has 5 nitrogen and oxygen atoms in total. The van der Waals surface area contributed by atoms with Gasteiger partial charge in [-0.05, 0) is 33.6 Å². The van der Waals surface area contributed by atoms with Gasteiger partial charge in [0.1, 0.15) is 11.6 Å². The second-order valence-corrected chi connectivity index (χ2v) is 5.21. The summed E-state index contributed by atoms with van der Waals surface area (Å²) in [6.07, 6.45) is 6.38. The van der Waals surface area contributed by atoms with Crippen LogP contribution in [0.5, 0.6) is 0 Å². The number of carbonyl (C=O) groups is 2. The Labute approximate surface area is 115 Å². The first-order valence-corrected chi connectivity index (χ1v) is 6.50. The Kier molecular flexibility index (Phi) is 7.66. The Morgan fingerprint density at radius 2 is 2.00 bits per heavy atom. The van der Waals surface area contributed by atoms with Crippen LogP contribution in [0.3, 0.4) is 0 Å². The van der Waals surface area contributed by atoms with Crippen LogP contribution in [0.25, 0.3) is 0 Å². The maximum Gasteiger partial charge on any atom is 0.408 e. The molecule has 1 unspecified atom stereocenters. The third-order valence-corrected chi connectivity index (χ3v) is 2.21. The van der Waals surface area contributed by atoms with Gasteiger partial charge in [0.2, 0.25) is 5.91 Å². The highest BCUT2D eigenvalue weighted by atomic mass is 16.6. The normalized spacial score (nSPS) is 12.2. The summed E-state index contributed by atoms with van der Waals surface area (Å²) in [6.45, 7) is 7.65. The number of amides is 2. The lowest BCUT2D eigenvalue weighted by molar-refractivity contribution is -0.123. The average Bonchev–Trinajstić information content (AvgIpc) is 2.29. The van der Waals surface area contributed by atoms with Crippen molar-refractivity contribution >= 4 is 12.0 Å². The lowest BCUT2D eigenvalue weighted by Crippen LogP contribution is -2.48. The van der Waals surface area contributed by atoms with Crippen LogP contribution in [0, 0.1) is 12.3 Å². The van der Waals surface area contributed by atoms with E-state index in [0.29, 0.717) is 19.4 Å². The van der Waals surface area contributed by atoms with Gasteiger partial charge in [-0.1, -0.05) is 6.92 Å². The molecule has 2 amide bonds. The predicted octanol–water partition coefficient (Wildman–Crippen LogP) is 1.82. The van der Waals surface area contributed by atoms with E-state index in [4.69, 9.17) is 11.2 Å². The molecule has 0 aromatic carbocycles. The summed E-state index contributed by atoms with van der Waals surface area (Å²) < 4.78 is 5.11. The van der Waals surface area contributed by atoms with Crippen LogP contribution < -0.4 is 10.6 Å². The number of ether oxygens (including phenoxy) is 1. The molecule has 0 spiro atoms. The van der Waals surface area contributed by atoms with E-state index < -0.39 is 17.7 Å². The minimum Gasteiger partial charge on any atom is -0.444 e. The van der Waals surface area contributed by atoms with E-state index in [2.05, 4.69) is 16.6 Å². The smallest absolute Gasteiger partial charge is 0.408 e. The summed E-state index contributed by atoms with van der Waals surface area (Å²) in [5, 5.41) is 5.28. The molecule has 0 aromatic heterocycles. The van der Waals surface area contributed by atoms with Crippen molar-refractivity contribution < 1.29 is 14.3 Å². The Bertz CT molecular complexity index is 340. The molecule has 1 atom stereocenters. The third-order valence-electron chi connectivity index (χ3n) is 2.21. The molecule has 0 rings (SSSR count). The van der Waals surface area contributed by atoms with Crippen molar-refractivity contribution in [1.82, 2.24) is 10.6 Å². The van der Waals surface area contributed by atoms with Gasteiger partial charge >= 0.3 is 6.09 Å². The van der Waals surface area contributed by atoms with E-state index in [1.54, 1.807) is 20.8 Å². The number of hydrogen-bond donors (Lipinski definition) is 2. The molecule has 0 bridgehead atoms. The molecule has 0 saturated heterocycles. The SMILES string of the molecule is C#CCCCNC(=O)C(CC)NC(=O)OC(C)(C)C. The Balaban J connectivity index is 4.15. The number of terminal acetylenes is 1. The van der Waals surface area contributed by atoms with Gasteiger partial charge < -0.3 is 15.4 Å². The van der Waals surface area contributed by atoms with E-state index in [-0.39, 0.29) is 5.91 Å². The molecule has 0 saturated carbocycles. The molecule has 0 aliphatic rings. The predicted molar refractivity (Wildman–Crippen MR) is 74.5 cm³/mol. The number of hydrogen-bond acceptors (Lipinski definition) is 3. The zero-order valence-electron chi connectivity index (χ0n) is 12.2. The highest BCUT2D eigenvalue weighted by Crippen LogP contribution is 2.07. The highest BCUT2D eigenvalue weighted by Gasteiger charge is 2.22. The van der Waals surface area contributed by atoms with Crippen LogP contribution in [-0.2, 0) is 9.53 Å². The topological polar surface area (TPSA) is 67.4 Å². The minimum atomic E-state index is -0.585. The van der Waals surface area contributed by atoms with Gasteiger partial charge in [0.25, 0.3) is 0 Å². The number of alkyl carbamates (subject to hydrolysis) is 1. The summed E-state index contributed by atoms with van der Waals surface area (Å²) in [7, 11) is 0. The fourth-order valence-corrected chi connectivity index (χ4v) is 1.33. The zero-order chi connectivity index (χ0) is 14.9. The number of rotatable bonds is 6. The standard InChI is InChI=1S/C14H24N2O3/c1-6-8-9-10-15-12(17)11(7-2)16-13(18)19-14(3,4)5/h1,11H,7-10H2,2-5H3,(H,15,17)(H,16,18). The molecule has 2 N–H and O–H groups in total. The Morgan fingerprint density at radius 1 is 1.37 bits per heavy atom. The van der Waals surface area contributed by atoms with E-state index >= 15 is 0 Å². The molecular weight excluding hydrogens is 244 g/mol. The second kappa shape index (κ2) is 8.41. The highest BCUT2D eigenvalue weighted by molar-refractivity contribution is 5.85. The van der Waals surface area contributed by atoms with E-state index in [1.165, 1.54) is 0 Å². The largest absolute Gasteiger partial charge is 0.444 e. The Morgan fingerprint density at radius 3 is 2.47 bits per heavy atom. The van der Waals surface area contributed by atoms with Crippen molar-refractivity contribution in [3.05, 3.63) is 0 Å². The summed E-state index contributed by atoms with van der Waals surface area (Å²) in [5.41, 5.74) is -0.578. The molecule has 0 radical (unpaired) electrons. The maximum absolute atomic E-state index is 11.8. The first kappa shape index (κ1) is 17.3. The van der Waals surface area contributed by atoms with Gasteiger partial charge in [-0.3, -0.25) is 4.79 Å². The van der Waals surface area contributed by atoms with Gasteiger partial charge in [0, 0.05) is 13.0 Å². The van der Waals surface area contributed by atoms with Crippen LogP contribution in [0.4, 0.5) is 4.79 Å². The molecule has 19 heavy (non-hydrogen) atoms. The molecule has 0 aliphatic carbocycles. The van der Waals surface area contributed by atoms with Gasteiger partial charge in [-0.25, -0.2) is 4.79 Å². The van der Waals surface area contributed by atoms with Gasteiger partial charge in [0.05, 0.1) is 0 Å². The van der Waals surface area contributed by atoms with Crippen molar-refractivity contribution in [3.63, 3.8) is 0 Å². The van der Waals surface area contributed by atoms with Crippen molar-refractivity contribution in [2.75, 3.05) is 6.54 Å². The summed E-state index contributed by atoms with van der Waals surface area (Å²) in [5.74, 6) is 2.28. The van der Waals surface area contributed by atoms with Crippen LogP contribution in [0.15, 0.2) is 0 Å². The van der Waals surface area contributed by atoms with Crippen LogP contribution >= 0.6 is 0 Å². The average molecular weight is 268 g/mol. The number of nitrogens with one attached hydrogen (secondary N) is 2. The quantitative estimate of drug-likeness (QED) is 0.570. The fraction of sp³-hybridized carbons (Fsp3) is 0.714. The lowest BCUT2D eigenvalue weighted by Gasteiger charge is -2.22. The molecule has 0 fully saturated rings. The van der Waals surface area contributed by atoms with Crippen molar-refractivity contribution in [3.8, 4) is 12.3 Å². The first-order valence-electron chi connectivity index (χ1n) is 6.50. The van der Waals surface area contributed by atoms with Gasteiger partial charge in [-0.15, -0.1) is 12.3 Å². The third kappa shape index (κ3) is 8.95. The molecule has 5 heteroatoms. The fourth-order valence-electron chi connectivity index (χ4n) is 1.33. The Hall–Kier alpha value is -1.70. The van der Waals surface area contributed by atoms with Crippen LogP contribution in [0.2, 0.25) is 0 Å². The molecule has 0 aliphatic heterocycles. The first-order chi connectivity index (χ1) is 8.80. The molecule has 0 aromatic rings. The minimum absolute atomic E-state index is 0.217. The van der Waals surface area contributed by atoms with Gasteiger partial charge in [0.15, 0.2) is 0 Å². The molecular formula is C14H24N2O3. The molecule has 0 heterocycles. The zero-order valence-corrected chi connectivity index (χ0v) is 12.2. The van der Waals surface area contributed by atoms with Crippen LogP contribution in [-0.4, -0.2) is 30.2 Å². The summed E-state index contributed by atoms with van der Waals surface area (Å²) in [6, 6.07) is -0.583. The maximum atomic E-state index is 11.8. The van der Waals surface area contributed by atoms with E-state index in [1.807, 2.05) is 6.92 Å². The second-order valence-electron chi connectivity index (χ2n) is 5.21.